The number of nitrogens with zero attached hydrogens (tertiary/aromatic N) is 1. The molecule has 0 bridgehead atoms. The number of hydrogen-bond donors (Lipinski definition) is 1. The summed E-state index contributed by atoms with van der Waals surface area (Å²) in [5.41, 5.74) is 1.23. The van der Waals surface area contributed by atoms with Gasteiger partial charge in [-0.15, -0.1) is 11.8 Å². The van der Waals surface area contributed by atoms with Crippen molar-refractivity contribution in [1.82, 2.24) is 9.03 Å². The molecule has 0 fully saturated rings. The van der Waals surface area contributed by atoms with Crippen molar-refractivity contribution in [2.45, 2.75) is 25.7 Å². The van der Waals surface area contributed by atoms with Gasteiger partial charge in [-0.2, -0.15) is 12.7 Å². The average molecular weight is 302 g/mol. The molecule has 0 saturated carbocycles. The van der Waals surface area contributed by atoms with E-state index < -0.39 is 10.2 Å². The van der Waals surface area contributed by atoms with Gasteiger partial charge in [0.25, 0.3) is 10.2 Å². The van der Waals surface area contributed by atoms with Crippen LogP contribution in [0.15, 0.2) is 29.2 Å². The molecule has 0 atom stereocenters. The van der Waals surface area contributed by atoms with Gasteiger partial charge in [-0.05, 0) is 19.1 Å². The summed E-state index contributed by atoms with van der Waals surface area (Å²) in [5.74, 6) is 0.726. The van der Waals surface area contributed by atoms with Gasteiger partial charge in [0.05, 0.1) is 0 Å². The highest BCUT2D eigenvalue weighted by Crippen LogP contribution is 2.17. The van der Waals surface area contributed by atoms with Crippen LogP contribution in [-0.2, 0) is 10.2 Å². The summed E-state index contributed by atoms with van der Waals surface area (Å²) < 4.78 is 27.7. The van der Waals surface area contributed by atoms with Crippen molar-refractivity contribution in [1.29, 1.82) is 0 Å². The molecule has 0 radical (unpaired) electrons. The lowest BCUT2D eigenvalue weighted by molar-refractivity contribution is 0.436. The number of rotatable bonds is 8. The molecule has 0 aliphatic rings. The molecular weight excluding hydrogens is 280 g/mol. The average Bonchev–Trinajstić information content (AvgIpc) is 2.38. The molecule has 6 heteroatoms. The quantitative estimate of drug-likeness (QED) is 0.592. The number of aryl methyl sites for hydroxylation is 1. The summed E-state index contributed by atoms with van der Waals surface area (Å²) >= 11 is 1.65. The SMILES string of the molecule is CCN(CC)S(=O)(=O)NCCSc1ccc(C)cc1. The molecule has 0 aliphatic heterocycles. The van der Waals surface area contributed by atoms with E-state index in [1.807, 2.05) is 20.8 Å². The van der Waals surface area contributed by atoms with Crippen LogP contribution in [0.3, 0.4) is 0 Å². The van der Waals surface area contributed by atoms with Gasteiger partial charge in [0.15, 0.2) is 0 Å². The Kier molecular flexibility index (Phi) is 6.85. The molecule has 108 valence electrons. The van der Waals surface area contributed by atoms with Gasteiger partial charge in [0.1, 0.15) is 0 Å². The first-order chi connectivity index (χ1) is 8.99. The minimum absolute atomic E-state index is 0.442. The lowest BCUT2D eigenvalue weighted by atomic mass is 10.2. The summed E-state index contributed by atoms with van der Waals surface area (Å²) in [5, 5.41) is 0. The molecule has 0 saturated heterocycles. The minimum Gasteiger partial charge on any atom is -0.201 e. The van der Waals surface area contributed by atoms with Crippen molar-refractivity contribution in [3.8, 4) is 0 Å². The standard InChI is InChI=1S/C13H22N2O2S2/c1-4-15(5-2)19(16,17)14-10-11-18-13-8-6-12(3)7-9-13/h6-9,14H,4-5,10-11H2,1-3H3. The zero-order valence-electron chi connectivity index (χ0n) is 11.7. The second-order valence-corrected chi connectivity index (χ2v) is 7.07. The fourth-order valence-electron chi connectivity index (χ4n) is 1.63. The van der Waals surface area contributed by atoms with Gasteiger partial charge >= 0.3 is 0 Å². The summed E-state index contributed by atoms with van der Waals surface area (Å²) in [6.45, 7) is 7.16. The number of nitrogens with one attached hydrogen (secondary N) is 1. The van der Waals surface area contributed by atoms with E-state index in [2.05, 4.69) is 29.0 Å². The highest BCUT2D eigenvalue weighted by molar-refractivity contribution is 7.99. The Bertz CT molecular complexity index is 468. The van der Waals surface area contributed by atoms with Crippen LogP contribution in [0.2, 0.25) is 0 Å². The summed E-state index contributed by atoms with van der Waals surface area (Å²) in [6.07, 6.45) is 0. The highest BCUT2D eigenvalue weighted by atomic mass is 32.2. The number of benzene rings is 1. The smallest absolute Gasteiger partial charge is 0.201 e. The van der Waals surface area contributed by atoms with E-state index in [0.29, 0.717) is 19.6 Å². The van der Waals surface area contributed by atoms with Gasteiger partial charge in [-0.1, -0.05) is 31.5 Å². The van der Waals surface area contributed by atoms with E-state index >= 15 is 0 Å². The Morgan fingerprint density at radius 2 is 1.74 bits per heavy atom. The summed E-state index contributed by atoms with van der Waals surface area (Å²) in [6, 6.07) is 8.22. The maximum atomic E-state index is 11.9. The molecule has 1 aromatic rings. The van der Waals surface area contributed by atoms with Gasteiger partial charge in [-0.3, -0.25) is 0 Å². The van der Waals surface area contributed by atoms with Crippen LogP contribution in [0.25, 0.3) is 0 Å². The van der Waals surface area contributed by atoms with Crippen molar-refractivity contribution in [3.05, 3.63) is 29.8 Å². The van der Waals surface area contributed by atoms with Crippen LogP contribution in [-0.4, -0.2) is 38.1 Å². The highest BCUT2D eigenvalue weighted by Gasteiger charge is 2.16. The number of hydrogen-bond acceptors (Lipinski definition) is 3. The molecule has 4 nitrogen and oxygen atoms in total. The largest absolute Gasteiger partial charge is 0.279 e. The first-order valence-electron chi connectivity index (χ1n) is 6.43. The second kappa shape index (κ2) is 7.89. The molecule has 0 spiro atoms. The van der Waals surface area contributed by atoms with E-state index in [-0.39, 0.29) is 0 Å². The van der Waals surface area contributed by atoms with E-state index in [1.54, 1.807) is 11.8 Å². The lowest BCUT2D eigenvalue weighted by Gasteiger charge is -2.18. The molecule has 0 amide bonds. The second-order valence-electron chi connectivity index (χ2n) is 4.15. The monoisotopic (exact) mass is 302 g/mol. The lowest BCUT2D eigenvalue weighted by Crippen LogP contribution is -2.41. The maximum Gasteiger partial charge on any atom is 0.279 e. The molecule has 1 rings (SSSR count). The summed E-state index contributed by atoms with van der Waals surface area (Å²) in [7, 11) is -3.31. The van der Waals surface area contributed by atoms with Gasteiger partial charge in [0, 0.05) is 30.3 Å². The molecule has 0 aromatic heterocycles. The molecule has 19 heavy (non-hydrogen) atoms. The molecule has 0 unspecified atom stereocenters. The van der Waals surface area contributed by atoms with Gasteiger partial charge < -0.3 is 0 Å². The predicted molar refractivity (Wildman–Crippen MR) is 81.7 cm³/mol. The van der Waals surface area contributed by atoms with Crippen LogP contribution in [0.5, 0.6) is 0 Å². The number of thioether (sulfide) groups is 1. The Hall–Kier alpha value is -0.560. The molecule has 0 heterocycles. The van der Waals surface area contributed by atoms with E-state index in [4.69, 9.17) is 0 Å². The summed E-state index contributed by atoms with van der Waals surface area (Å²) in [4.78, 5) is 1.16. The third-order valence-corrected chi connectivity index (χ3v) is 5.50. The van der Waals surface area contributed by atoms with E-state index in [0.717, 1.165) is 10.6 Å². The van der Waals surface area contributed by atoms with Crippen LogP contribution in [0, 0.1) is 6.92 Å². The predicted octanol–water partition coefficient (Wildman–Crippen LogP) is 2.26. The Morgan fingerprint density at radius 1 is 1.16 bits per heavy atom. The maximum absolute atomic E-state index is 11.9. The zero-order chi connectivity index (χ0) is 14.3. The first kappa shape index (κ1) is 16.5. The van der Waals surface area contributed by atoms with Crippen molar-refractivity contribution in [2.75, 3.05) is 25.4 Å². The molecule has 1 N–H and O–H groups in total. The van der Waals surface area contributed by atoms with Crippen molar-refractivity contribution >= 4 is 22.0 Å². The molecule has 0 aliphatic carbocycles. The molecular formula is C13H22N2O2S2. The van der Waals surface area contributed by atoms with Crippen molar-refractivity contribution in [3.63, 3.8) is 0 Å². The van der Waals surface area contributed by atoms with Crippen LogP contribution in [0.1, 0.15) is 19.4 Å². The Morgan fingerprint density at radius 3 is 2.26 bits per heavy atom. The fraction of sp³-hybridized carbons (Fsp3) is 0.538. The van der Waals surface area contributed by atoms with E-state index in [1.165, 1.54) is 9.87 Å². The van der Waals surface area contributed by atoms with Crippen LogP contribution < -0.4 is 4.72 Å². The van der Waals surface area contributed by atoms with Gasteiger partial charge in [0.2, 0.25) is 0 Å². The van der Waals surface area contributed by atoms with Crippen molar-refractivity contribution < 1.29 is 8.42 Å². The van der Waals surface area contributed by atoms with Crippen LogP contribution >= 0.6 is 11.8 Å². The normalized spacial score (nSPS) is 12.0. The topological polar surface area (TPSA) is 49.4 Å². The van der Waals surface area contributed by atoms with Crippen molar-refractivity contribution in [2.24, 2.45) is 0 Å². The minimum atomic E-state index is -3.31. The van der Waals surface area contributed by atoms with E-state index in [9.17, 15) is 8.42 Å². The molecule has 1 aromatic carbocycles. The third-order valence-electron chi connectivity index (χ3n) is 2.72. The van der Waals surface area contributed by atoms with Gasteiger partial charge in [-0.25, -0.2) is 4.72 Å². The first-order valence-corrected chi connectivity index (χ1v) is 8.86. The Labute approximate surface area is 120 Å². The third kappa shape index (κ3) is 5.52. The van der Waals surface area contributed by atoms with Crippen LogP contribution in [0.4, 0.5) is 0 Å². The zero-order valence-corrected chi connectivity index (χ0v) is 13.4. The Balaban J connectivity index is 2.36. The fourth-order valence-corrected chi connectivity index (χ4v) is 3.75.